The Hall–Kier alpha value is -3.98. The van der Waals surface area contributed by atoms with Crippen LogP contribution in [0.25, 0.3) is 23.2 Å². The van der Waals surface area contributed by atoms with Gasteiger partial charge in [0.15, 0.2) is 11.0 Å². The summed E-state index contributed by atoms with van der Waals surface area (Å²) in [6, 6.07) is 17.5. The summed E-state index contributed by atoms with van der Waals surface area (Å²) < 4.78 is 14.8. The molecule has 2 aromatic heterocycles. The lowest BCUT2D eigenvalue weighted by molar-refractivity contribution is -0.131. The van der Waals surface area contributed by atoms with Crippen LogP contribution in [0.1, 0.15) is 23.9 Å². The molecule has 0 atom stereocenters. The first-order chi connectivity index (χ1) is 17.4. The number of nitrogens with zero attached hydrogens (tertiary/aromatic N) is 4. The summed E-state index contributed by atoms with van der Waals surface area (Å²) >= 11 is 1.08. The predicted molar refractivity (Wildman–Crippen MR) is 141 cm³/mol. The van der Waals surface area contributed by atoms with Gasteiger partial charge in [-0.25, -0.2) is 4.79 Å². The van der Waals surface area contributed by atoms with Gasteiger partial charge in [-0.3, -0.25) is 0 Å². The van der Waals surface area contributed by atoms with Crippen LogP contribution in [0.5, 0.6) is 11.5 Å². The lowest BCUT2D eigenvalue weighted by Crippen LogP contribution is -2.03. The number of ether oxygens (including phenoxy) is 2. The molecule has 1 N–H and O–H groups in total. The first-order valence-corrected chi connectivity index (χ1v) is 12.2. The van der Waals surface area contributed by atoms with Gasteiger partial charge in [-0.1, -0.05) is 18.2 Å². The predicted octanol–water partition coefficient (Wildman–Crippen LogP) is 5.61. The van der Waals surface area contributed by atoms with Gasteiger partial charge in [-0.15, -0.1) is 10.2 Å². The SMILES string of the molecule is CCn1c(S/C(=C\c2cc(C)n(-c3ccccc3)c2C)C(=O)O)nnc1-c1cc(OC)cc(OC)c1. The second-order valence-corrected chi connectivity index (χ2v) is 9.07. The van der Waals surface area contributed by atoms with E-state index in [1.54, 1.807) is 26.4 Å². The van der Waals surface area contributed by atoms with E-state index in [-0.39, 0.29) is 4.91 Å². The molecule has 0 fully saturated rings. The number of carboxylic acid groups (broad SMARTS) is 1. The highest BCUT2D eigenvalue weighted by atomic mass is 32.2. The number of aromatic nitrogens is 4. The molecule has 0 aliphatic carbocycles. The Morgan fingerprint density at radius 1 is 1.03 bits per heavy atom. The van der Waals surface area contributed by atoms with Crippen molar-refractivity contribution < 1.29 is 19.4 Å². The molecule has 0 aliphatic rings. The summed E-state index contributed by atoms with van der Waals surface area (Å²) in [4.78, 5) is 12.4. The first kappa shape index (κ1) is 25.1. The van der Waals surface area contributed by atoms with Crippen molar-refractivity contribution in [3.05, 3.63) is 76.5 Å². The number of hydrogen-bond donors (Lipinski definition) is 1. The van der Waals surface area contributed by atoms with Crippen LogP contribution in [0.2, 0.25) is 0 Å². The monoisotopic (exact) mass is 504 g/mol. The number of aliphatic carboxylic acids is 1. The van der Waals surface area contributed by atoms with E-state index in [9.17, 15) is 9.90 Å². The van der Waals surface area contributed by atoms with Gasteiger partial charge >= 0.3 is 5.97 Å². The quantitative estimate of drug-likeness (QED) is 0.234. The van der Waals surface area contributed by atoms with Crippen molar-refractivity contribution in [2.24, 2.45) is 0 Å². The third kappa shape index (κ3) is 5.01. The molecule has 0 saturated heterocycles. The summed E-state index contributed by atoms with van der Waals surface area (Å²) in [7, 11) is 3.17. The minimum absolute atomic E-state index is 0.153. The van der Waals surface area contributed by atoms with Crippen LogP contribution in [-0.2, 0) is 11.3 Å². The fraction of sp³-hybridized carbons (Fsp3) is 0.222. The lowest BCUT2D eigenvalue weighted by Gasteiger charge is -2.11. The molecule has 0 radical (unpaired) electrons. The molecular weight excluding hydrogens is 476 g/mol. The smallest absolute Gasteiger partial charge is 0.342 e. The van der Waals surface area contributed by atoms with Crippen molar-refractivity contribution >= 4 is 23.8 Å². The van der Waals surface area contributed by atoms with E-state index < -0.39 is 5.97 Å². The van der Waals surface area contributed by atoms with Gasteiger partial charge in [-0.2, -0.15) is 0 Å². The van der Waals surface area contributed by atoms with E-state index >= 15 is 0 Å². The zero-order valence-electron chi connectivity index (χ0n) is 20.8. The molecule has 0 bridgehead atoms. The molecule has 0 unspecified atom stereocenters. The second-order valence-electron chi connectivity index (χ2n) is 8.07. The average molecular weight is 505 g/mol. The Bertz CT molecular complexity index is 1400. The van der Waals surface area contributed by atoms with Crippen LogP contribution in [0, 0.1) is 13.8 Å². The molecule has 2 aromatic carbocycles. The highest BCUT2D eigenvalue weighted by molar-refractivity contribution is 8.04. The summed E-state index contributed by atoms with van der Waals surface area (Å²) in [6.07, 6.45) is 1.69. The molecule has 0 saturated carbocycles. The normalized spacial score (nSPS) is 11.5. The molecule has 186 valence electrons. The van der Waals surface area contributed by atoms with Crippen molar-refractivity contribution in [3.63, 3.8) is 0 Å². The molecule has 9 heteroatoms. The molecule has 4 rings (SSSR count). The number of methoxy groups -OCH3 is 2. The summed E-state index contributed by atoms with van der Waals surface area (Å²) in [5, 5.41) is 19.2. The van der Waals surface area contributed by atoms with Gasteiger partial charge in [0, 0.05) is 35.2 Å². The Morgan fingerprint density at radius 3 is 2.28 bits per heavy atom. The fourth-order valence-electron chi connectivity index (χ4n) is 4.08. The van der Waals surface area contributed by atoms with Crippen LogP contribution in [0.4, 0.5) is 0 Å². The maximum Gasteiger partial charge on any atom is 0.342 e. The summed E-state index contributed by atoms with van der Waals surface area (Å²) in [5.74, 6) is 0.831. The Balaban J connectivity index is 1.72. The molecule has 36 heavy (non-hydrogen) atoms. The number of hydrogen-bond acceptors (Lipinski definition) is 6. The molecule has 0 amide bonds. The van der Waals surface area contributed by atoms with Crippen molar-refractivity contribution in [2.75, 3.05) is 14.2 Å². The zero-order valence-corrected chi connectivity index (χ0v) is 21.7. The molecule has 0 spiro atoms. The standard InChI is InChI=1S/C27H28N4O4S/c1-6-30-25(20-13-22(34-4)16-23(14-20)35-5)28-29-27(30)36-24(26(32)33)15-19-12-17(2)31(18(19)3)21-10-8-7-9-11-21/h7-16H,6H2,1-5H3,(H,32,33)/b24-15-. The number of rotatable bonds is 9. The van der Waals surface area contributed by atoms with Crippen LogP contribution in [0.15, 0.2) is 64.7 Å². The first-order valence-electron chi connectivity index (χ1n) is 11.4. The highest BCUT2D eigenvalue weighted by Gasteiger charge is 2.20. The zero-order chi connectivity index (χ0) is 25.8. The van der Waals surface area contributed by atoms with E-state index in [0.29, 0.717) is 29.0 Å². The summed E-state index contributed by atoms with van der Waals surface area (Å²) in [6.45, 7) is 6.51. The Morgan fingerprint density at radius 2 is 1.69 bits per heavy atom. The average Bonchev–Trinajstić information content (AvgIpc) is 3.42. The molecule has 8 nitrogen and oxygen atoms in total. The number of carboxylic acids is 1. The van der Waals surface area contributed by atoms with Gasteiger partial charge in [0.1, 0.15) is 16.4 Å². The van der Waals surface area contributed by atoms with E-state index in [1.165, 1.54) is 0 Å². The lowest BCUT2D eigenvalue weighted by atomic mass is 10.2. The van der Waals surface area contributed by atoms with Gasteiger partial charge < -0.3 is 23.7 Å². The van der Waals surface area contributed by atoms with Gasteiger partial charge in [-0.05, 0) is 74.5 Å². The highest BCUT2D eigenvalue weighted by Crippen LogP contribution is 2.34. The third-order valence-corrected chi connectivity index (χ3v) is 6.82. The van der Waals surface area contributed by atoms with Crippen LogP contribution in [0.3, 0.4) is 0 Å². The van der Waals surface area contributed by atoms with Crippen LogP contribution >= 0.6 is 11.8 Å². The van der Waals surface area contributed by atoms with E-state index in [0.717, 1.165) is 40.0 Å². The molecule has 0 aliphatic heterocycles. The van der Waals surface area contributed by atoms with Crippen LogP contribution in [-0.4, -0.2) is 44.6 Å². The number of para-hydroxylation sites is 1. The van der Waals surface area contributed by atoms with Crippen molar-refractivity contribution in [1.82, 2.24) is 19.3 Å². The van der Waals surface area contributed by atoms with Crippen molar-refractivity contribution in [2.45, 2.75) is 32.5 Å². The maximum absolute atomic E-state index is 12.2. The van der Waals surface area contributed by atoms with Crippen molar-refractivity contribution in [3.8, 4) is 28.6 Å². The minimum atomic E-state index is -1.03. The third-order valence-electron chi connectivity index (χ3n) is 5.83. The number of thioether (sulfide) groups is 1. The van der Waals surface area contributed by atoms with Gasteiger partial charge in [0.05, 0.1) is 14.2 Å². The Kier molecular flexibility index (Phi) is 7.49. The Labute approximate surface area is 214 Å². The van der Waals surface area contributed by atoms with E-state index in [4.69, 9.17) is 9.47 Å². The fourth-order valence-corrected chi connectivity index (χ4v) is 4.96. The van der Waals surface area contributed by atoms with Crippen molar-refractivity contribution in [1.29, 1.82) is 0 Å². The molecule has 2 heterocycles. The number of carbonyl (C=O) groups is 1. The van der Waals surface area contributed by atoms with Crippen LogP contribution < -0.4 is 9.47 Å². The van der Waals surface area contributed by atoms with Gasteiger partial charge in [0.25, 0.3) is 0 Å². The van der Waals surface area contributed by atoms with E-state index in [2.05, 4.69) is 14.8 Å². The molecule has 4 aromatic rings. The van der Waals surface area contributed by atoms with Gasteiger partial charge in [0.2, 0.25) is 0 Å². The second kappa shape index (κ2) is 10.7. The minimum Gasteiger partial charge on any atom is -0.497 e. The molecular formula is C27H28N4O4S. The number of benzene rings is 2. The summed E-state index contributed by atoms with van der Waals surface area (Å²) in [5.41, 5.74) is 4.60. The van der Waals surface area contributed by atoms with E-state index in [1.807, 2.05) is 73.9 Å². The largest absolute Gasteiger partial charge is 0.497 e. The maximum atomic E-state index is 12.2. The number of aryl methyl sites for hydroxylation is 1. The topological polar surface area (TPSA) is 91.4 Å².